The number of nitro groups is 1. The summed E-state index contributed by atoms with van der Waals surface area (Å²) in [6, 6.07) is 2.64. The number of rotatable bonds is 3. The van der Waals surface area contributed by atoms with Crippen LogP contribution in [-0.4, -0.2) is 28.0 Å². The van der Waals surface area contributed by atoms with Crippen LogP contribution in [0.15, 0.2) is 12.3 Å². The Kier molecular flexibility index (Phi) is 3.28. The number of piperidine rings is 1. The molecule has 2 bridgehead atoms. The van der Waals surface area contributed by atoms with E-state index in [1.54, 1.807) is 0 Å². The molecule has 2 fully saturated rings. The van der Waals surface area contributed by atoms with Gasteiger partial charge in [0.1, 0.15) is 0 Å². The standard InChI is InChI=1S/C12H15ClN4O2/c13-7-3-11(17(18)19)12(14-6-7)16-10-4-8-1-2-9(5-10)15-8/h3,6,8-10,15H,1-2,4-5H2,(H,14,16)/t8-,9+,10+. The van der Waals surface area contributed by atoms with Gasteiger partial charge in [0.2, 0.25) is 5.82 Å². The molecule has 0 saturated carbocycles. The van der Waals surface area contributed by atoms with Crippen LogP contribution in [0.25, 0.3) is 0 Å². The lowest BCUT2D eigenvalue weighted by Gasteiger charge is -2.29. The first-order valence-corrected chi connectivity index (χ1v) is 6.82. The van der Waals surface area contributed by atoms with Gasteiger partial charge >= 0.3 is 5.69 Å². The predicted molar refractivity (Wildman–Crippen MR) is 72.5 cm³/mol. The second kappa shape index (κ2) is 4.94. The summed E-state index contributed by atoms with van der Waals surface area (Å²) in [5.41, 5.74) is -0.0571. The fourth-order valence-corrected chi connectivity index (χ4v) is 3.20. The van der Waals surface area contributed by atoms with Crippen molar-refractivity contribution in [2.75, 3.05) is 5.32 Å². The highest BCUT2D eigenvalue weighted by Gasteiger charge is 2.34. The highest BCUT2D eigenvalue weighted by molar-refractivity contribution is 6.30. The van der Waals surface area contributed by atoms with E-state index in [0.29, 0.717) is 17.9 Å². The summed E-state index contributed by atoms with van der Waals surface area (Å²) in [5.74, 6) is 0.320. The van der Waals surface area contributed by atoms with Crippen LogP contribution in [0, 0.1) is 10.1 Å². The van der Waals surface area contributed by atoms with E-state index >= 15 is 0 Å². The molecule has 0 unspecified atom stereocenters. The Bertz CT molecular complexity index is 499. The van der Waals surface area contributed by atoms with Crippen LogP contribution in [0.4, 0.5) is 11.5 Å². The van der Waals surface area contributed by atoms with Crippen LogP contribution in [0.1, 0.15) is 25.7 Å². The van der Waals surface area contributed by atoms with E-state index in [1.165, 1.54) is 25.1 Å². The van der Waals surface area contributed by atoms with Crippen molar-refractivity contribution in [1.82, 2.24) is 10.3 Å². The molecule has 2 aliphatic heterocycles. The molecule has 1 aromatic rings. The van der Waals surface area contributed by atoms with Crippen molar-refractivity contribution in [1.29, 1.82) is 0 Å². The highest BCUT2D eigenvalue weighted by Crippen LogP contribution is 2.31. The normalized spacial score (nSPS) is 29.2. The van der Waals surface area contributed by atoms with Gasteiger partial charge in [0, 0.05) is 30.4 Å². The van der Waals surface area contributed by atoms with Crippen molar-refractivity contribution in [2.24, 2.45) is 0 Å². The number of nitrogens with one attached hydrogen (secondary N) is 2. The van der Waals surface area contributed by atoms with Crippen LogP contribution < -0.4 is 10.6 Å². The molecule has 0 radical (unpaired) electrons. The largest absolute Gasteiger partial charge is 0.361 e. The molecule has 7 heteroatoms. The smallest absolute Gasteiger partial charge is 0.312 e. The quantitative estimate of drug-likeness (QED) is 0.657. The van der Waals surface area contributed by atoms with Gasteiger partial charge in [0.15, 0.2) is 0 Å². The van der Waals surface area contributed by atoms with E-state index in [-0.39, 0.29) is 16.8 Å². The summed E-state index contributed by atoms with van der Waals surface area (Å²) < 4.78 is 0. The second-order valence-electron chi connectivity index (χ2n) is 5.23. The molecule has 0 spiro atoms. The van der Waals surface area contributed by atoms with Crippen molar-refractivity contribution < 1.29 is 4.92 Å². The van der Waals surface area contributed by atoms with Gasteiger partial charge in [0.05, 0.1) is 9.95 Å². The third kappa shape index (κ3) is 2.64. The number of fused-ring (bicyclic) bond motifs is 2. The maximum atomic E-state index is 11.0. The Morgan fingerprint density at radius 2 is 2.11 bits per heavy atom. The Morgan fingerprint density at radius 1 is 1.42 bits per heavy atom. The molecule has 3 atom stereocenters. The lowest BCUT2D eigenvalue weighted by molar-refractivity contribution is -0.384. The van der Waals surface area contributed by atoms with Crippen molar-refractivity contribution in [3.63, 3.8) is 0 Å². The van der Waals surface area contributed by atoms with E-state index < -0.39 is 4.92 Å². The van der Waals surface area contributed by atoms with Crippen LogP contribution >= 0.6 is 11.6 Å². The third-order valence-corrected chi connectivity index (χ3v) is 4.05. The van der Waals surface area contributed by atoms with E-state index in [0.717, 1.165) is 12.8 Å². The van der Waals surface area contributed by atoms with Crippen LogP contribution in [-0.2, 0) is 0 Å². The minimum Gasteiger partial charge on any atom is -0.361 e. The molecule has 0 amide bonds. The zero-order valence-electron chi connectivity index (χ0n) is 10.3. The van der Waals surface area contributed by atoms with Gasteiger partial charge in [-0.15, -0.1) is 0 Å². The number of hydrogen-bond donors (Lipinski definition) is 2. The first-order valence-electron chi connectivity index (χ1n) is 6.44. The molecule has 2 aliphatic rings. The molecule has 2 N–H and O–H groups in total. The van der Waals surface area contributed by atoms with E-state index in [4.69, 9.17) is 11.6 Å². The highest BCUT2D eigenvalue weighted by atomic mass is 35.5. The molecule has 102 valence electrons. The molecule has 0 aliphatic carbocycles. The first-order chi connectivity index (χ1) is 9.11. The van der Waals surface area contributed by atoms with Gasteiger partial charge in [0.25, 0.3) is 0 Å². The molecular formula is C12H15ClN4O2. The fraction of sp³-hybridized carbons (Fsp3) is 0.583. The molecule has 2 saturated heterocycles. The maximum Gasteiger partial charge on any atom is 0.312 e. The molecule has 3 heterocycles. The molecular weight excluding hydrogens is 268 g/mol. The van der Waals surface area contributed by atoms with Gasteiger partial charge in [-0.3, -0.25) is 10.1 Å². The van der Waals surface area contributed by atoms with Crippen molar-refractivity contribution in [3.8, 4) is 0 Å². The SMILES string of the molecule is O=[N+]([O-])c1cc(Cl)cnc1N[C@H]1C[C@H]2CC[C@@H](C1)N2. The Labute approximate surface area is 115 Å². The fourth-order valence-electron chi connectivity index (χ4n) is 3.05. The molecule has 6 nitrogen and oxygen atoms in total. The Hall–Kier alpha value is -1.40. The van der Waals surface area contributed by atoms with Crippen LogP contribution in [0.3, 0.4) is 0 Å². The van der Waals surface area contributed by atoms with Gasteiger partial charge in [-0.25, -0.2) is 4.98 Å². The molecule has 19 heavy (non-hydrogen) atoms. The number of aromatic nitrogens is 1. The second-order valence-corrected chi connectivity index (χ2v) is 5.67. The Balaban J connectivity index is 1.78. The lowest BCUT2D eigenvalue weighted by Crippen LogP contribution is -2.43. The number of hydrogen-bond acceptors (Lipinski definition) is 5. The lowest BCUT2D eigenvalue weighted by atomic mass is 10.00. The van der Waals surface area contributed by atoms with Crippen LogP contribution in [0.2, 0.25) is 5.02 Å². The van der Waals surface area contributed by atoms with Crippen LogP contribution in [0.5, 0.6) is 0 Å². The topological polar surface area (TPSA) is 80.1 Å². The van der Waals surface area contributed by atoms with Gasteiger partial charge in [-0.05, 0) is 25.7 Å². The van der Waals surface area contributed by atoms with Gasteiger partial charge < -0.3 is 10.6 Å². The number of anilines is 1. The molecule has 0 aromatic carbocycles. The first kappa shape index (κ1) is 12.6. The summed E-state index contributed by atoms with van der Waals surface area (Å²) in [5, 5.41) is 18.0. The maximum absolute atomic E-state index is 11.0. The van der Waals surface area contributed by atoms with Crippen molar-refractivity contribution in [2.45, 2.75) is 43.8 Å². The Morgan fingerprint density at radius 3 is 2.74 bits per heavy atom. The van der Waals surface area contributed by atoms with E-state index in [1.807, 2.05) is 0 Å². The summed E-state index contributed by atoms with van der Waals surface area (Å²) in [6.45, 7) is 0. The number of pyridine rings is 1. The zero-order valence-corrected chi connectivity index (χ0v) is 11.1. The number of nitrogens with zero attached hydrogens (tertiary/aromatic N) is 2. The minimum atomic E-state index is -0.448. The van der Waals surface area contributed by atoms with Gasteiger partial charge in [-0.1, -0.05) is 11.6 Å². The van der Waals surface area contributed by atoms with E-state index in [9.17, 15) is 10.1 Å². The summed E-state index contributed by atoms with van der Waals surface area (Å²) in [7, 11) is 0. The van der Waals surface area contributed by atoms with Gasteiger partial charge in [-0.2, -0.15) is 0 Å². The molecule has 1 aromatic heterocycles. The van der Waals surface area contributed by atoms with E-state index in [2.05, 4.69) is 15.6 Å². The monoisotopic (exact) mass is 282 g/mol. The summed E-state index contributed by atoms with van der Waals surface area (Å²) in [4.78, 5) is 14.6. The average Bonchev–Trinajstić information content (AvgIpc) is 2.71. The van der Waals surface area contributed by atoms with Crippen molar-refractivity contribution in [3.05, 3.63) is 27.4 Å². The minimum absolute atomic E-state index is 0.0571. The third-order valence-electron chi connectivity index (χ3n) is 3.84. The average molecular weight is 283 g/mol. The zero-order chi connectivity index (χ0) is 13.4. The number of halogens is 1. The summed E-state index contributed by atoms with van der Waals surface area (Å²) in [6.07, 6.45) is 5.79. The van der Waals surface area contributed by atoms with Crippen molar-refractivity contribution >= 4 is 23.1 Å². The summed E-state index contributed by atoms with van der Waals surface area (Å²) >= 11 is 5.76. The predicted octanol–water partition coefficient (Wildman–Crippen LogP) is 2.34. The molecule has 3 rings (SSSR count).